The Morgan fingerprint density at radius 1 is 1.12 bits per heavy atom. The smallest absolute Gasteiger partial charge is 0.294 e. The molecule has 12 heteroatoms. The van der Waals surface area contributed by atoms with Gasteiger partial charge in [-0.15, -0.1) is 0 Å². The van der Waals surface area contributed by atoms with Crippen LogP contribution in [0.15, 0.2) is 59.5 Å². The number of halogens is 2. The third-order valence-electron chi connectivity index (χ3n) is 5.88. The van der Waals surface area contributed by atoms with E-state index < -0.39 is 23.6 Å². The van der Waals surface area contributed by atoms with E-state index in [4.69, 9.17) is 30.5 Å². The van der Waals surface area contributed by atoms with Crippen LogP contribution in [0.1, 0.15) is 11.1 Å². The molecule has 0 spiro atoms. The molecule has 3 amide bonds. The van der Waals surface area contributed by atoms with Gasteiger partial charge in [-0.1, -0.05) is 29.8 Å². The number of carbonyl (C=O) groups is 3. The summed E-state index contributed by atoms with van der Waals surface area (Å²) in [7, 11) is 1.52. The van der Waals surface area contributed by atoms with E-state index in [0.29, 0.717) is 52.5 Å². The number of imide groups is 1. The zero-order chi connectivity index (χ0) is 28.2. The number of methoxy groups -OCH3 is 1. The molecule has 0 radical (unpaired) electrons. The monoisotopic (exact) mass is 692 g/mol. The fraction of sp³-hybridized carbons (Fsp3) is 0.179. The van der Waals surface area contributed by atoms with E-state index in [1.807, 2.05) is 24.3 Å². The Hall–Kier alpha value is -3.42. The van der Waals surface area contributed by atoms with E-state index in [2.05, 4.69) is 27.9 Å². The normalized spacial score (nSPS) is 15.4. The van der Waals surface area contributed by atoms with Gasteiger partial charge in [0, 0.05) is 22.3 Å². The molecule has 3 aromatic rings. The zero-order valence-corrected chi connectivity index (χ0v) is 24.8. The molecule has 3 aromatic carbocycles. The molecule has 5 rings (SSSR count). The number of amides is 3. The molecule has 9 nitrogen and oxygen atoms in total. The molecule has 1 fully saturated rings. The van der Waals surface area contributed by atoms with Gasteiger partial charge in [0.1, 0.15) is 26.4 Å². The number of hydrogen-bond donors (Lipinski definition) is 1. The number of benzene rings is 3. The van der Waals surface area contributed by atoms with Gasteiger partial charge in [-0.25, -0.2) is 0 Å². The number of rotatable bonds is 8. The highest BCUT2D eigenvalue weighted by atomic mass is 127. The Balaban J connectivity index is 1.26. The summed E-state index contributed by atoms with van der Waals surface area (Å²) in [5.74, 6) is 1.03. The first kappa shape index (κ1) is 28.1. The van der Waals surface area contributed by atoms with Crippen molar-refractivity contribution in [3.63, 3.8) is 0 Å². The van der Waals surface area contributed by atoms with Crippen LogP contribution in [0.2, 0.25) is 5.02 Å². The second-order valence-corrected chi connectivity index (χ2v) is 11.2. The van der Waals surface area contributed by atoms with Crippen LogP contribution in [0.3, 0.4) is 0 Å². The van der Waals surface area contributed by atoms with E-state index in [1.54, 1.807) is 36.4 Å². The van der Waals surface area contributed by atoms with Gasteiger partial charge in [0.05, 0.1) is 15.6 Å². The summed E-state index contributed by atoms with van der Waals surface area (Å²) >= 11 is 9.13. The van der Waals surface area contributed by atoms with Crippen LogP contribution < -0.4 is 24.3 Å². The number of nitrogens with one attached hydrogen (secondary N) is 1. The van der Waals surface area contributed by atoms with Gasteiger partial charge in [0.2, 0.25) is 5.91 Å². The quantitative estimate of drug-likeness (QED) is 0.227. The Morgan fingerprint density at radius 3 is 2.67 bits per heavy atom. The molecule has 2 aliphatic rings. The lowest BCUT2D eigenvalue weighted by atomic mass is 10.1. The van der Waals surface area contributed by atoms with E-state index in [0.717, 1.165) is 25.8 Å². The van der Waals surface area contributed by atoms with Crippen molar-refractivity contribution >= 4 is 74.8 Å². The molecule has 1 saturated heterocycles. The fourth-order valence-electron chi connectivity index (χ4n) is 3.98. The molecular formula is C28H22ClIN2O7S. The van der Waals surface area contributed by atoms with Crippen LogP contribution in [-0.2, 0) is 16.2 Å². The summed E-state index contributed by atoms with van der Waals surface area (Å²) in [6.45, 7) is 0.695. The summed E-state index contributed by atoms with van der Waals surface area (Å²) in [5, 5.41) is 2.76. The number of hydrogen-bond acceptors (Lipinski definition) is 8. The Bertz CT molecular complexity index is 1530. The molecule has 0 aliphatic carbocycles. The summed E-state index contributed by atoms with van der Waals surface area (Å²) in [4.78, 5) is 39.4. The van der Waals surface area contributed by atoms with Crippen LogP contribution in [0, 0.1) is 3.57 Å². The lowest BCUT2D eigenvalue weighted by Crippen LogP contribution is -2.36. The Kier molecular flexibility index (Phi) is 8.72. The molecule has 1 N–H and O–H groups in total. The number of thioether (sulfide) groups is 1. The van der Waals surface area contributed by atoms with Crippen molar-refractivity contribution in [2.75, 3.05) is 32.2 Å². The minimum Gasteiger partial charge on any atom is -0.493 e. The maximum absolute atomic E-state index is 13.0. The van der Waals surface area contributed by atoms with Crippen LogP contribution in [0.25, 0.3) is 6.08 Å². The third kappa shape index (κ3) is 6.31. The van der Waals surface area contributed by atoms with E-state index in [1.165, 1.54) is 7.11 Å². The molecule has 0 saturated carbocycles. The summed E-state index contributed by atoms with van der Waals surface area (Å²) in [5.41, 5.74) is 1.94. The second-order valence-electron chi connectivity index (χ2n) is 8.59. The van der Waals surface area contributed by atoms with Gasteiger partial charge in [-0.05, 0) is 76.3 Å². The van der Waals surface area contributed by atoms with Crippen molar-refractivity contribution in [2.24, 2.45) is 0 Å². The predicted molar refractivity (Wildman–Crippen MR) is 160 cm³/mol. The lowest BCUT2D eigenvalue weighted by molar-refractivity contribution is -0.127. The summed E-state index contributed by atoms with van der Waals surface area (Å²) in [6.07, 6.45) is 1.59. The summed E-state index contributed by atoms with van der Waals surface area (Å²) in [6, 6.07) is 15.9. The standard InChI is InChI=1S/C28H22ClIN2O7S/c1-36-23-11-16(10-20(30)26(23)39-15-17-4-2-3-5-19(17)29)12-24-27(34)32(28(35)40-24)14-25(33)31-18-6-7-21-22(13-18)38-9-8-37-21/h2-7,10-13H,8-9,14-15H2,1H3,(H,31,33)/b24-12+. The number of anilines is 1. The number of ether oxygens (including phenoxy) is 4. The van der Waals surface area contributed by atoms with Crippen molar-refractivity contribution in [2.45, 2.75) is 6.61 Å². The Morgan fingerprint density at radius 2 is 1.90 bits per heavy atom. The fourth-order valence-corrected chi connectivity index (χ4v) is 5.79. The van der Waals surface area contributed by atoms with Gasteiger partial charge in [-0.2, -0.15) is 0 Å². The molecule has 0 aromatic heterocycles. The molecule has 2 aliphatic heterocycles. The zero-order valence-electron chi connectivity index (χ0n) is 21.1. The topological polar surface area (TPSA) is 103 Å². The van der Waals surface area contributed by atoms with Crippen molar-refractivity contribution in [3.05, 3.63) is 79.2 Å². The maximum atomic E-state index is 13.0. The van der Waals surface area contributed by atoms with E-state index in [-0.39, 0.29) is 11.5 Å². The van der Waals surface area contributed by atoms with Gasteiger partial charge >= 0.3 is 0 Å². The first-order chi connectivity index (χ1) is 19.3. The average molecular weight is 693 g/mol. The molecule has 40 heavy (non-hydrogen) atoms. The van der Waals surface area contributed by atoms with Crippen molar-refractivity contribution in [1.82, 2.24) is 4.90 Å². The number of carbonyl (C=O) groups excluding carboxylic acids is 3. The minimum atomic E-state index is -0.555. The maximum Gasteiger partial charge on any atom is 0.294 e. The van der Waals surface area contributed by atoms with Crippen LogP contribution in [0.4, 0.5) is 10.5 Å². The van der Waals surface area contributed by atoms with Crippen LogP contribution >= 0.6 is 46.0 Å². The van der Waals surface area contributed by atoms with Crippen LogP contribution in [-0.4, -0.2) is 48.8 Å². The molecule has 0 atom stereocenters. The molecule has 206 valence electrons. The van der Waals surface area contributed by atoms with Crippen molar-refractivity contribution < 1.29 is 33.3 Å². The van der Waals surface area contributed by atoms with Crippen molar-refractivity contribution in [3.8, 4) is 23.0 Å². The van der Waals surface area contributed by atoms with Crippen molar-refractivity contribution in [1.29, 1.82) is 0 Å². The molecule has 0 bridgehead atoms. The SMILES string of the molecule is COc1cc(/C=C2/SC(=O)N(CC(=O)Nc3ccc4c(c3)OCCO4)C2=O)cc(I)c1OCc1ccccc1Cl. The van der Waals surface area contributed by atoms with E-state index in [9.17, 15) is 14.4 Å². The van der Waals surface area contributed by atoms with Gasteiger partial charge < -0.3 is 24.3 Å². The highest BCUT2D eigenvalue weighted by molar-refractivity contribution is 14.1. The third-order valence-corrected chi connectivity index (χ3v) is 7.96. The number of fused-ring (bicyclic) bond motifs is 1. The average Bonchev–Trinajstić information content (AvgIpc) is 3.20. The first-order valence-corrected chi connectivity index (χ1v) is 14.3. The predicted octanol–water partition coefficient (Wildman–Crippen LogP) is 5.98. The lowest BCUT2D eigenvalue weighted by Gasteiger charge is -2.19. The highest BCUT2D eigenvalue weighted by Gasteiger charge is 2.36. The van der Waals surface area contributed by atoms with Gasteiger partial charge in [0.15, 0.2) is 23.0 Å². The second kappa shape index (κ2) is 12.4. The number of nitrogens with zero attached hydrogens (tertiary/aromatic N) is 1. The van der Waals surface area contributed by atoms with Gasteiger partial charge in [0.25, 0.3) is 11.1 Å². The molecule has 2 heterocycles. The van der Waals surface area contributed by atoms with E-state index >= 15 is 0 Å². The largest absolute Gasteiger partial charge is 0.493 e. The Labute approximate surface area is 252 Å². The van der Waals surface area contributed by atoms with Gasteiger partial charge in [-0.3, -0.25) is 19.3 Å². The van der Waals surface area contributed by atoms with Crippen LogP contribution in [0.5, 0.6) is 23.0 Å². The highest BCUT2D eigenvalue weighted by Crippen LogP contribution is 2.38. The molecule has 0 unspecified atom stereocenters. The minimum absolute atomic E-state index is 0.194. The first-order valence-electron chi connectivity index (χ1n) is 12.0. The molecular weight excluding hydrogens is 671 g/mol. The summed E-state index contributed by atoms with van der Waals surface area (Å²) < 4.78 is 23.3.